The summed E-state index contributed by atoms with van der Waals surface area (Å²) in [6, 6.07) is 10.3. The fourth-order valence-electron chi connectivity index (χ4n) is 3.15. The monoisotopic (exact) mass is 444 g/mol. The van der Waals surface area contributed by atoms with E-state index in [4.69, 9.17) is 23.2 Å². The number of carbonyl (C=O) groups excluding carboxylic acids is 1. The lowest BCUT2D eigenvalue weighted by molar-refractivity contribution is -0.120. The van der Waals surface area contributed by atoms with Gasteiger partial charge in [-0.05, 0) is 48.7 Å². The maximum atomic E-state index is 13.3. The summed E-state index contributed by atoms with van der Waals surface area (Å²) in [5.74, 6) is -1.55. The molecule has 0 spiro atoms. The van der Waals surface area contributed by atoms with Crippen LogP contribution >= 0.6 is 23.2 Å². The van der Waals surface area contributed by atoms with E-state index < -0.39 is 21.8 Å². The van der Waals surface area contributed by atoms with Crippen LogP contribution < -0.4 is 5.32 Å². The first kappa shape index (κ1) is 21.0. The van der Waals surface area contributed by atoms with Crippen molar-refractivity contribution in [2.45, 2.75) is 18.6 Å². The van der Waals surface area contributed by atoms with Gasteiger partial charge in [0.2, 0.25) is 15.9 Å². The number of nitrogens with zero attached hydrogens (tertiary/aromatic N) is 1. The van der Waals surface area contributed by atoms with E-state index >= 15 is 0 Å². The molecule has 5 nitrogen and oxygen atoms in total. The molecule has 2 aromatic carbocycles. The Labute approximate surface area is 173 Å². The van der Waals surface area contributed by atoms with Gasteiger partial charge in [-0.1, -0.05) is 35.3 Å². The third-order valence-electron chi connectivity index (χ3n) is 4.59. The van der Waals surface area contributed by atoms with Crippen molar-refractivity contribution in [1.29, 1.82) is 0 Å². The van der Waals surface area contributed by atoms with E-state index in [-0.39, 0.29) is 23.2 Å². The fourth-order valence-corrected chi connectivity index (χ4v) is 5.34. The Morgan fingerprint density at radius 1 is 1.21 bits per heavy atom. The molecule has 0 aromatic heterocycles. The van der Waals surface area contributed by atoms with Crippen molar-refractivity contribution >= 4 is 44.8 Å². The molecule has 1 fully saturated rings. The molecule has 0 saturated carbocycles. The van der Waals surface area contributed by atoms with Gasteiger partial charge in [-0.3, -0.25) is 4.79 Å². The average Bonchev–Trinajstić information content (AvgIpc) is 2.64. The number of rotatable bonds is 5. The number of halogens is 3. The van der Waals surface area contributed by atoms with Crippen LogP contribution in [0.4, 0.5) is 10.1 Å². The van der Waals surface area contributed by atoms with Crippen molar-refractivity contribution in [2.75, 3.05) is 18.4 Å². The minimum atomic E-state index is -3.65. The number of hydrogen-bond acceptors (Lipinski definition) is 3. The second kappa shape index (κ2) is 8.78. The van der Waals surface area contributed by atoms with Crippen molar-refractivity contribution in [2.24, 2.45) is 5.92 Å². The summed E-state index contributed by atoms with van der Waals surface area (Å²) in [5.41, 5.74) is 0.801. The molecule has 1 atom stereocenters. The number of hydrogen-bond donors (Lipinski definition) is 1. The molecule has 2 aromatic rings. The van der Waals surface area contributed by atoms with Gasteiger partial charge in [0.15, 0.2) is 0 Å². The van der Waals surface area contributed by atoms with Gasteiger partial charge in [-0.15, -0.1) is 0 Å². The molecule has 1 heterocycles. The fraction of sp³-hybridized carbons (Fsp3) is 0.316. The predicted octanol–water partition coefficient (Wildman–Crippen LogP) is 4.31. The highest BCUT2D eigenvalue weighted by Gasteiger charge is 2.32. The van der Waals surface area contributed by atoms with Gasteiger partial charge < -0.3 is 5.32 Å². The Morgan fingerprint density at radius 3 is 2.71 bits per heavy atom. The molecular formula is C19H19Cl2FN2O3S. The molecule has 1 saturated heterocycles. The van der Waals surface area contributed by atoms with Gasteiger partial charge in [0.25, 0.3) is 0 Å². The second-order valence-corrected chi connectivity index (χ2v) is 9.50. The predicted molar refractivity (Wildman–Crippen MR) is 108 cm³/mol. The first-order valence-corrected chi connectivity index (χ1v) is 11.1. The number of sulfonamides is 1. The summed E-state index contributed by atoms with van der Waals surface area (Å²) in [6.07, 6.45) is 1.13. The molecule has 150 valence electrons. The maximum absolute atomic E-state index is 13.3. The summed E-state index contributed by atoms with van der Waals surface area (Å²) in [5, 5.41) is 3.37. The first-order valence-electron chi connectivity index (χ1n) is 8.73. The number of carbonyl (C=O) groups is 1. The number of anilines is 1. The van der Waals surface area contributed by atoms with Crippen LogP contribution in [-0.4, -0.2) is 31.7 Å². The standard InChI is InChI=1S/C19H19Cl2FN2O3S/c20-15-7-6-14(18(21)9-15)12-28(26,27)24-8-2-3-13(11-24)19(25)23-17-5-1-4-16(22)10-17/h1,4-7,9-10,13H,2-3,8,11-12H2,(H,23,25)/t13-/m1/s1. The molecule has 1 aliphatic rings. The SMILES string of the molecule is O=C(Nc1cccc(F)c1)[C@@H]1CCCN(S(=O)(=O)Cc2ccc(Cl)cc2Cl)C1. The third-order valence-corrected chi connectivity index (χ3v) is 6.97. The van der Waals surface area contributed by atoms with E-state index in [1.807, 2.05) is 0 Å². The highest BCUT2D eigenvalue weighted by Crippen LogP contribution is 2.27. The van der Waals surface area contributed by atoms with Gasteiger partial charge in [0.1, 0.15) is 5.82 Å². The second-order valence-electron chi connectivity index (χ2n) is 6.69. The van der Waals surface area contributed by atoms with Gasteiger partial charge >= 0.3 is 0 Å². The van der Waals surface area contributed by atoms with E-state index in [1.54, 1.807) is 18.2 Å². The number of nitrogens with one attached hydrogen (secondary N) is 1. The largest absolute Gasteiger partial charge is 0.326 e. The number of piperidine rings is 1. The molecule has 1 N–H and O–H groups in total. The minimum absolute atomic E-state index is 0.0781. The van der Waals surface area contributed by atoms with Crippen LogP contribution in [0.3, 0.4) is 0 Å². The van der Waals surface area contributed by atoms with Crippen LogP contribution in [0.15, 0.2) is 42.5 Å². The van der Waals surface area contributed by atoms with Crippen LogP contribution in [0.25, 0.3) is 0 Å². The highest BCUT2D eigenvalue weighted by atomic mass is 35.5. The lowest BCUT2D eigenvalue weighted by Crippen LogP contribution is -2.44. The molecule has 9 heteroatoms. The van der Waals surface area contributed by atoms with Gasteiger partial charge in [0.05, 0.1) is 11.7 Å². The van der Waals surface area contributed by atoms with Crippen LogP contribution in [0, 0.1) is 11.7 Å². The smallest absolute Gasteiger partial charge is 0.228 e. The summed E-state index contributed by atoms with van der Waals surface area (Å²) < 4.78 is 40.2. The van der Waals surface area contributed by atoms with Crippen LogP contribution in [-0.2, 0) is 20.6 Å². The number of amides is 1. The van der Waals surface area contributed by atoms with E-state index in [2.05, 4.69) is 5.32 Å². The van der Waals surface area contributed by atoms with Gasteiger partial charge in [-0.25, -0.2) is 17.1 Å². The van der Waals surface area contributed by atoms with Crippen molar-refractivity contribution in [3.05, 3.63) is 63.9 Å². The summed E-state index contributed by atoms with van der Waals surface area (Å²) in [4.78, 5) is 12.5. The normalized spacial score (nSPS) is 18.0. The molecule has 1 aliphatic heterocycles. The Balaban J connectivity index is 1.68. The van der Waals surface area contributed by atoms with E-state index in [9.17, 15) is 17.6 Å². The van der Waals surface area contributed by atoms with Crippen molar-refractivity contribution in [1.82, 2.24) is 4.31 Å². The van der Waals surface area contributed by atoms with Crippen LogP contribution in [0.1, 0.15) is 18.4 Å². The summed E-state index contributed by atoms with van der Waals surface area (Å²) in [6.45, 7) is 0.423. The lowest BCUT2D eigenvalue weighted by atomic mass is 9.99. The topological polar surface area (TPSA) is 66.5 Å². The zero-order valence-corrected chi connectivity index (χ0v) is 17.2. The maximum Gasteiger partial charge on any atom is 0.228 e. The zero-order chi connectivity index (χ0) is 20.3. The Hall–Kier alpha value is -1.67. The lowest BCUT2D eigenvalue weighted by Gasteiger charge is -2.31. The zero-order valence-electron chi connectivity index (χ0n) is 14.9. The van der Waals surface area contributed by atoms with Crippen molar-refractivity contribution in [3.63, 3.8) is 0 Å². The molecule has 0 radical (unpaired) electrons. The molecule has 0 unspecified atom stereocenters. The van der Waals surface area contributed by atoms with Crippen molar-refractivity contribution < 1.29 is 17.6 Å². The average molecular weight is 445 g/mol. The molecular weight excluding hydrogens is 426 g/mol. The molecule has 3 rings (SSSR count). The Bertz CT molecular complexity index is 985. The summed E-state index contributed by atoms with van der Waals surface area (Å²) in [7, 11) is -3.65. The van der Waals surface area contributed by atoms with E-state index in [0.717, 1.165) is 0 Å². The Morgan fingerprint density at radius 2 is 2.00 bits per heavy atom. The van der Waals surface area contributed by atoms with E-state index in [0.29, 0.717) is 35.7 Å². The molecule has 0 bridgehead atoms. The van der Waals surface area contributed by atoms with E-state index in [1.165, 1.54) is 28.6 Å². The van der Waals surface area contributed by atoms with Crippen molar-refractivity contribution in [3.8, 4) is 0 Å². The highest BCUT2D eigenvalue weighted by molar-refractivity contribution is 7.88. The quantitative estimate of drug-likeness (QED) is 0.746. The minimum Gasteiger partial charge on any atom is -0.326 e. The number of benzene rings is 2. The Kier molecular flexibility index (Phi) is 6.60. The molecule has 0 aliphatic carbocycles. The molecule has 1 amide bonds. The van der Waals surface area contributed by atoms with Crippen LogP contribution in [0.5, 0.6) is 0 Å². The first-order chi connectivity index (χ1) is 13.2. The summed E-state index contributed by atoms with van der Waals surface area (Å²) >= 11 is 11.9. The third kappa shape index (κ3) is 5.23. The molecule has 28 heavy (non-hydrogen) atoms. The van der Waals surface area contributed by atoms with Gasteiger partial charge in [0, 0.05) is 28.8 Å². The van der Waals surface area contributed by atoms with Crippen LogP contribution in [0.2, 0.25) is 10.0 Å². The van der Waals surface area contributed by atoms with Gasteiger partial charge in [-0.2, -0.15) is 0 Å².